The van der Waals surface area contributed by atoms with Crippen molar-refractivity contribution in [3.05, 3.63) is 89.0 Å². The molecule has 0 bridgehead atoms. The number of carboxylic acids is 1. The highest BCUT2D eigenvalue weighted by molar-refractivity contribution is 6.20. The Morgan fingerprint density at radius 2 is 1.81 bits per heavy atom. The molecule has 0 aromatic heterocycles. The molecular weight excluding hydrogens is 468 g/mol. The molecule has 184 valence electrons. The number of carbonyl (C=O) groups is 2. The van der Waals surface area contributed by atoms with Crippen LogP contribution in [0, 0.1) is 0 Å². The third-order valence-corrected chi connectivity index (χ3v) is 5.95. The molecule has 2 heterocycles. The lowest BCUT2D eigenvalue weighted by atomic mass is 9.87. The van der Waals surface area contributed by atoms with Crippen LogP contribution in [0.2, 0.25) is 0 Å². The summed E-state index contributed by atoms with van der Waals surface area (Å²) in [6.07, 6.45) is 0.164. The largest absolute Gasteiger partial charge is 0.497 e. The Balaban J connectivity index is 1.68. The number of ether oxygens (including phenoxy) is 5. The van der Waals surface area contributed by atoms with E-state index in [1.54, 1.807) is 24.3 Å². The predicted molar refractivity (Wildman–Crippen MR) is 126 cm³/mol. The maximum atomic E-state index is 13.3. The van der Waals surface area contributed by atoms with Gasteiger partial charge >= 0.3 is 11.9 Å². The van der Waals surface area contributed by atoms with E-state index in [9.17, 15) is 14.7 Å². The van der Waals surface area contributed by atoms with Crippen molar-refractivity contribution in [3.8, 4) is 23.0 Å². The lowest BCUT2D eigenvalue weighted by molar-refractivity contribution is -0.185. The highest BCUT2D eigenvalue weighted by atomic mass is 16.7. The minimum atomic E-state index is -2.24. The van der Waals surface area contributed by atoms with Gasteiger partial charge in [0.25, 0.3) is 5.79 Å². The highest BCUT2D eigenvalue weighted by Crippen LogP contribution is 2.49. The van der Waals surface area contributed by atoms with Gasteiger partial charge in [0.2, 0.25) is 6.79 Å². The second kappa shape index (κ2) is 9.27. The van der Waals surface area contributed by atoms with Crippen LogP contribution in [0.25, 0.3) is 5.57 Å². The first kappa shape index (κ1) is 23.3. The van der Waals surface area contributed by atoms with E-state index in [0.29, 0.717) is 22.8 Å². The third-order valence-electron chi connectivity index (χ3n) is 5.95. The van der Waals surface area contributed by atoms with Crippen LogP contribution in [0.15, 0.2) is 72.3 Å². The molecule has 2 aliphatic rings. The molecule has 3 aromatic rings. The van der Waals surface area contributed by atoms with Gasteiger partial charge in [-0.2, -0.15) is 0 Å². The molecule has 2 aliphatic heterocycles. The van der Waals surface area contributed by atoms with Crippen molar-refractivity contribution in [2.24, 2.45) is 0 Å². The quantitative estimate of drug-likeness (QED) is 0.458. The van der Waals surface area contributed by atoms with Crippen molar-refractivity contribution in [1.82, 2.24) is 0 Å². The predicted octanol–water partition coefficient (Wildman–Crippen LogP) is 3.29. The van der Waals surface area contributed by atoms with Gasteiger partial charge in [-0.3, -0.25) is 0 Å². The van der Waals surface area contributed by atoms with Crippen LogP contribution in [0.5, 0.6) is 23.0 Å². The number of esters is 1. The molecule has 36 heavy (non-hydrogen) atoms. The van der Waals surface area contributed by atoms with E-state index in [2.05, 4.69) is 0 Å². The number of methoxy groups -OCH3 is 1. The van der Waals surface area contributed by atoms with Crippen molar-refractivity contribution in [1.29, 1.82) is 0 Å². The summed E-state index contributed by atoms with van der Waals surface area (Å²) in [4.78, 5) is 24.5. The molecule has 1 unspecified atom stereocenters. The molecule has 0 radical (unpaired) electrons. The molecule has 0 spiro atoms. The van der Waals surface area contributed by atoms with Crippen molar-refractivity contribution in [2.75, 3.05) is 20.5 Å². The SMILES string of the molecule is COc1ccc(C2(O)OC(=O)C(c3ccc4c(c3)OCO4)=C2Cc2ccccc2)c(OCC(=O)O)c1. The molecule has 2 N–H and O–H groups in total. The topological polar surface area (TPSA) is 121 Å². The van der Waals surface area contributed by atoms with Crippen LogP contribution in [-0.2, 0) is 26.5 Å². The van der Waals surface area contributed by atoms with Gasteiger partial charge in [-0.15, -0.1) is 0 Å². The monoisotopic (exact) mass is 490 g/mol. The van der Waals surface area contributed by atoms with E-state index in [1.165, 1.54) is 19.2 Å². The van der Waals surface area contributed by atoms with Crippen LogP contribution < -0.4 is 18.9 Å². The molecular formula is C27H22O9. The molecule has 0 aliphatic carbocycles. The van der Waals surface area contributed by atoms with Gasteiger partial charge in [-0.25, -0.2) is 9.59 Å². The van der Waals surface area contributed by atoms with Gasteiger partial charge in [0.1, 0.15) is 11.5 Å². The van der Waals surface area contributed by atoms with Gasteiger partial charge < -0.3 is 33.9 Å². The summed E-state index contributed by atoms with van der Waals surface area (Å²) < 4.78 is 27.2. The summed E-state index contributed by atoms with van der Waals surface area (Å²) in [7, 11) is 1.44. The second-order valence-electron chi connectivity index (χ2n) is 8.16. The zero-order valence-electron chi connectivity index (χ0n) is 19.2. The van der Waals surface area contributed by atoms with Gasteiger partial charge in [0, 0.05) is 18.1 Å². The number of aliphatic hydroxyl groups is 1. The van der Waals surface area contributed by atoms with Crippen LogP contribution in [0.4, 0.5) is 0 Å². The average molecular weight is 490 g/mol. The number of rotatable bonds is 8. The van der Waals surface area contributed by atoms with Crippen LogP contribution in [0.1, 0.15) is 16.7 Å². The Labute approximate surface area is 206 Å². The Morgan fingerprint density at radius 3 is 2.56 bits per heavy atom. The van der Waals surface area contributed by atoms with Gasteiger partial charge in [0.15, 0.2) is 18.1 Å². The number of hydrogen-bond donors (Lipinski definition) is 2. The first-order valence-corrected chi connectivity index (χ1v) is 11.1. The normalized spacial score (nSPS) is 18.2. The van der Waals surface area contributed by atoms with E-state index in [4.69, 9.17) is 28.8 Å². The summed E-state index contributed by atoms with van der Waals surface area (Å²) in [5, 5.41) is 21.1. The molecule has 9 nitrogen and oxygen atoms in total. The number of hydrogen-bond acceptors (Lipinski definition) is 8. The molecule has 5 rings (SSSR count). The standard InChI is InChI=1S/C27H22O9/c1-32-18-8-9-19(22(13-18)33-14-24(28)29)27(31)20(11-16-5-3-2-4-6-16)25(26(30)36-27)17-7-10-21-23(12-17)35-15-34-21/h2-10,12-13,31H,11,14-15H2,1H3,(H,28,29). The summed E-state index contributed by atoms with van der Waals surface area (Å²) in [5.74, 6) is -2.80. The number of aliphatic carboxylic acids is 1. The smallest absolute Gasteiger partial charge is 0.342 e. The van der Waals surface area contributed by atoms with Crippen molar-refractivity contribution < 1.29 is 43.5 Å². The molecule has 9 heteroatoms. The zero-order valence-corrected chi connectivity index (χ0v) is 19.2. The van der Waals surface area contributed by atoms with Gasteiger partial charge in [-0.1, -0.05) is 36.4 Å². The Kier molecular flexibility index (Phi) is 5.99. The first-order valence-electron chi connectivity index (χ1n) is 11.1. The molecule has 0 saturated carbocycles. The van der Waals surface area contributed by atoms with Gasteiger partial charge in [0.05, 0.1) is 18.2 Å². The van der Waals surface area contributed by atoms with E-state index in [-0.39, 0.29) is 35.7 Å². The Hall–Kier alpha value is -4.50. The Bertz CT molecular complexity index is 1360. The third kappa shape index (κ3) is 4.20. The summed E-state index contributed by atoms with van der Waals surface area (Å²) in [6, 6.07) is 18.8. The first-order chi connectivity index (χ1) is 17.4. The number of fused-ring (bicyclic) bond motifs is 1. The minimum absolute atomic E-state index is 0.00421. The van der Waals surface area contributed by atoms with Crippen molar-refractivity contribution in [3.63, 3.8) is 0 Å². The number of carbonyl (C=O) groups excluding carboxylic acids is 1. The second-order valence-corrected chi connectivity index (χ2v) is 8.16. The fourth-order valence-electron chi connectivity index (χ4n) is 4.28. The lowest BCUT2D eigenvalue weighted by Crippen LogP contribution is -2.31. The molecule has 3 aromatic carbocycles. The molecule has 1 atom stereocenters. The summed E-state index contributed by atoms with van der Waals surface area (Å²) in [5.41, 5.74) is 1.80. The maximum Gasteiger partial charge on any atom is 0.342 e. The molecule has 0 amide bonds. The van der Waals surface area contributed by atoms with Crippen molar-refractivity contribution >= 4 is 17.5 Å². The average Bonchev–Trinajstić information content (AvgIpc) is 3.44. The number of cyclic esters (lactones) is 1. The van der Waals surface area contributed by atoms with Gasteiger partial charge in [-0.05, 0) is 35.4 Å². The maximum absolute atomic E-state index is 13.3. The van der Waals surface area contributed by atoms with Crippen LogP contribution in [0.3, 0.4) is 0 Å². The van der Waals surface area contributed by atoms with E-state index >= 15 is 0 Å². The number of carboxylic acid groups (broad SMARTS) is 1. The Morgan fingerprint density at radius 1 is 1.03 bits per heavy atom. The van der Waals surface area contributed by atoms with Crippen LogP contribution in [-0.4, -0.2) is 42.7 Å². The zero-order chi connectivity index (χ0) is 25.3. The fraction of sp³-hybridized carbons (Fsp3) is 0.185. The summed E-state index contributed by atoms with van der Waals surface area (Å²) in [6.45, 7) is -0.601. The molecule has 0 saturated heterocycles. The highest BCUT2D eigenvalue weighted by Gasteiger charge is 2.50. The van der Waals surface area contributed by atoms with Crippen LogP contribution >= 0.6 is 0 Å². The van der Waals surface area contributed by atoms with E-state index in [0.717, 1.165) is 5.56 Å². The summed E-state index contributed by atoms with van der Waals surface area (Å²) >= 11 is 0. The number of benzene rings is 3. The lowest BCUT2D eigenvalue weighted by Gasteiger charge is -2.27. The minimum Gasteiger partial charge on any atom is -0.497 e. The molecule has 0 fully saturated rings. The van der Waals surface area contributed by atoms with Crippen molar-refractivity contribution in [2.45, 2.75) is 12.2 Å². The van der Waals surface area contributed by atoms with E-state index in [1.807, 2.05) is 30.3 Å². The van der Waals surface area contributed by atoms with E-state index < -0.39 is 24.3 Å². The fourth-order valence-corrected chi connectivity index (χ4v) is 4.28.